The molecule has 0 fully saturated rings. The van der Waals surface area contributed by atoms with E-state index in [1.165, 1.54) is 16.0 Å². The van der Waals surface area contributed by atoms with Gasteiger partial charge in [0.2, 0.25) is 0 Å². The molecule has 0 aliphatic rings. The highest BCUT2D eigenvalue weighted by Crippen LogP contribution is 2.29. The molecule has 4 heteroatoms. The number of hydrogen-bond donors (Lipinski definition) is 1. The summed E-state index contributed by atoms with van der Waals surface area (Å²) in [4.78, 5) is 1.25. The van der Waals surface area contributed by atoms with Gasteiger partial charge in [-0.3, -0.25) is 0 Å². The van der Waals surface area contributed by atoms with Gasteiger partial charge in [-0.2, -0.15) is 0 Å². The summed E-state index contributed by atoms with van der Waals surface area (Å²) in [5, 5.41) is 0. The van der Waals surface area contributed by atoms with E-state index in [9.17, 15) is 0 Å². The fourth-order valence-corrected chi connectivity index (χ4v) is 3.24. The number of benzene rings is 2. The third-order valence-corrected chi connectivity index (χ3v) is 4.44. The largest absolute Gasteiger partial charge is 0.496 e. The van der Waals surface area contributed by atoms with Gasteiger partial charge in [-0.25, -0.2) is 0 Å². The molecule has 2 aromatic carbocycles. The van der Waals surface area contributed by atoms with Crippen LogP contribution in [0.1, 0.15) is 11.1 Å². The van der Waals surface area contributed by atoms with Crippen LogP contribution in [0.25, 0.3) is 0 Å². The predicted molar refractivity (Wildman–Crippen MR) is 84.6 cm³/mol. The Bertz CT molecular complexity index is 560. The monoisotopic (exact) mass is 337 g/mol. The summed E-state index contributed by atoms with van der Waals surface area (Å²) in [6.07, 6.45) is 0. The molecule has 0 aromatic heterocycles. The van der Waals surface area contributed by atoms with Gasteiger partial charge in [-0.15, -0.1) is 11.8 Å². The van der Waals surface area contributed by atoms with Gasteiger partial charge in [-0.05, 0) is 51.3 Å². The van der Waals surface area contributed by atoms with Crippen LogP contribution in [0.3, 0.4) is 0 Å². The maximum atomic E-state index is 5.65. The van der Waals surface area contributed by atoms with Crippen LogP contribution in [0.5, 0.6) is 5.75 Å². The lowest BCUT2D eigenvalue weighted by Gasteiger charge is -2.07. The lowest BCUT2D eigenvalue weighted by molar-refractivity contribution is 0.412. The lowest BCUT2D eigenvalue weighted by Crippen LogP contribution is -1.95. The van der Waals surface area contributed by atoms with Crippen LogP contribution in [-0.4, -0.2) is 7.11 Å². The minimum Gasteiger partial charge on any atom is -0.496 e. The number of methoxy groups -OCH3 is 1. The minimum absolute atomic E-state index is 0.586. The van der Waals surface area contributed by atoms with E-state index in [2.05, 4.69) is 46.3 Å². The van der Waals surface area contributed by atoms with Crippen molar-refractivity contribution in [3.63, 3.8) is 0 Å². The quantitative estimate of drug-likeness (QED) is 0.830. The first kappa shape index (κ1) is 14.4. The van der Waals surface area contributed by atoms with E-state index < -0.39 is 0 Å². The maximum Gasteiger partial charge on any atom is 0.133 e. The molecule has 0 bridgehead atoms. The van der Waals surface area contributed by atoms with Gasteiger partial charge in [0.15, 0.2) is 0 Å². The molecule has 0 saturated carbocycles. The first-order valence-corrected chi connectivity index (χ1v) is 7.75. The molecule has 0 heterocycles. The molecular weight excluding hydrogens is 322 g/mol. The summed E-state index contributed by atoms with van der Waals surface area (Å²) in [5.74, 6) is 1.79. The normalized spacial score (nSPS) is 10.5. The van der Waals surface area contributed by atoms with Crippen LogP contribution >= 0.6 is 27.7 Å². The van der Waals surface area contributed by atoms with E-state index >= 15 is 0 Å². The molecule has 0 spiro atoms. The van der Waals surface area contributed by atoms with Gasteiger partial charge in [-0.1, -0.05) is 18.2 Å². The average Bonchev–Trinajstić information content (AvgIpc) is 2.45. The SMILES string of the molecule is COc1ccc(CSc2cccc(CN)c2)cc1Br. The summed E-state index contributed by atoms with van der Waals surface area (Å²) in [6.45, 7) is 0.586. The molecule has 19 heavy (non-hydrogen) atoms. The molecule has 0 atom stereocenters. The Balaban J connectivity index is 2.03. The highest BCUT2D eigenvalue weighted by Gasteiger charge is 2.02. The maximum absolute atomic E-state index is 5.65. The molecular formula is C15H16BrNOS. The van der Waals surface area contributed by atoms with Crippen molar-refractivity contribution in [3.8, 4) is 5.75 Å². The lowest BCUT2D eigenvalue weighted by atomic mass is 10.2. The van der Waals surface area contributed by atoms with Crippen LogP contribution in [-0.2, 0) is 12.3 Å². The van der Waals surface area contributed by atoms with E-state index in [4.69, 9.17) is 10.5 Å². The Morgan fingerprint density at radius 1 is 1.16 bits per heavy atom. The van der Waals surface area contributed by atoms with E-state index in [1.807, 2.05) is 23.9 Å². The predicted octanol–water partition coefficient (Wildman–Crippen LogP) is 4.21. The van der Waals surface area contributed by atoms with Crippen molar-refractivity contribution in [2.24, 2.45) is 5.73 Å². The second-order valence-corrected chi connectivity index (χ2v) is 6.01. The Morgan fingerprint density at radius 3 is 2.68 bits per heavy atom. The third kappa shape index (κ3) is 4.00. The first-order valence-electron chi connectivity index (χ1n) is 5.97. The van der Waals surface area contributed by atoms with Crippen LogP contribution in [0, 0.1) is 0 Å². The molecule has 2 rings (SSSR count). The molecule has 2 N–H and O–H groups in total. The summed E-state index contributed by atoms with van der Waals surface area (Å²) < 4.78 is 6.22. The Labute approximate surface area is 126 Å². The molecule has 0 radical (unpaired) electrons. The van der Waals surface area contributed by atoms with Gasteiger partial charge in [0.25, 0.3) is 0 Å². The number of thioether (sulfide) groups is 1. The van der Waals surface area contributed by atoms with Gasteiger partial charge in [0.1, 0.15) is 5.75 Å². The topological polar surface area (TPSA) is 35.2 Å². The second kappa shape index (κ2) is 6.98. The Kier molecular flexibility index (Phi) is 5.31. The van der Waals surface area contributed by atoms with Crippen molar-refractivity contribution in [1.29, 1.82) is 0 Å². The average molecular weight is 338 g/mol. The van der Waals surface area contributed by atoms with Gasteiger partial charge < -0.3 is 10.5 Å². The van der Waals surface area contributed by atoms with Crippen LogP contribution in [0.15, 0.2) is 51.8 Å². The number of rotatable bonds is 5. The van der Waals surface area contributed by atoms with Crippen LogP contribution < -0.4 is 10.5 Å². The van der Waals surface area contributed by atoms with E-state index in [0.717, 1.165) is 16.0 Å². The standard InChI is InChI=1S/C15H16BrNOS/c1-18-15-6-5-12(8-14(15)16)10-19-13-4-2-3-11(7-13)9-17/h2-8H,9-10,17H2,1H3. The molecule has 0 amide bonds. The van der Waals surface area contributed by atoms with Crippen molar-refractivity contribution in [1.82, 2.24) is 0 Å². The van der Waals surface area contributed by atoms with E-state index in [-0.39, 0.29) is 0 Å². The number of nitrogens with two attached hydrogens (primary N) is 1. The number of hydrogen-bond acceptors (Lipinski definition) is 3. The summed E-state index contributed by atoms with van der Waals surface area (Å²) in [6, 6.07) is 14.5. The third-order valence-electron chi connectivity index (χ3n) is 2.76. The first-order chi connectivity index (χ1) is 9.22. The summed E-state index contributed by atoms with van der Waals surface area (Å²) in [5.41, 5.74) is 8.08. The smallest absolute Gasteiger partial charge is 0.133 e. The summed E-state index contributed by atoms with van der Waals surface area (Å²) in [7, 11) is 1.67. The van der Waals surface area contributed by atoms with Crippen LogP contribution in [0.2, 0.25) is 0 Å². The van der Waals surface area contributed by atoms with Crippen LogP contribution in [0.4, 0.5) is 0 Å². The molecule has 0 aliphatic carbocycles. The Hall–Kier alpha value is -0.970. The number of halogens is 1. The summed E-state index contributed by atoms with van der Waals surface area (Å²) >= 11 is 5.31. The zero-order valence-corrected chi connectivity index (χ0v) is 13.1. The van der Waals surface area contributed by atoms with Crippen molar-refractivity contribution in [2.75, 3.05) is 7.11 Å². The fourth-order valence-electron chi connectivity index (χ4n) is 1.73. The molecule has 2 aromatic rings. The fraction of sp³-hybridized carbons (Fsp3) is 0.200. The zero-order valence-electron chi connectivity index (χ0n) is 10.7. The minimum atomic E-state index is 0.586. The number of ether oxygens (including phenoxy) is 1. The Morgan fingerprint density at radius 2 is 2.00 bits per heavy atom. The van der Waals surface area contributed by atoms with Gasteiger partial charge in [0, 0.05) is 17.2 Å². The second-order valence-electron chi connectivity index (χ2n) is 4.11. The van der Waals surface area contributed by atoms with Crippen molar-refractivity contribution in [2.45, 2.75) is 17.2 Å². The van der Waals surface area contributed by atoms with E-state index in [1.54, 1.807) is 7.11 Å². The van der Waals surface area contributed by atoms with Crippen molar-refractivity contribution >= 4 is 27.7 Å². The highest BCUT2D eigenvalue weighted by atomic mass is 79.9. The molecule has 100 valence electrons. The molecule has 2 nitrogen and oxygen atoms in total. The van der Waals surface area contributed by atoms with Crippen molar-refractivity contribution in [3.05, 3.63) is 58.1 Å². The van der Waals surface area contributed by atoms with Crippen molar-refractivity contribution < 1.29 is 4.74 Å². The van der Waals surface area contributed by atoms with Gasteiger partial charge in [0.05, 0.1) is 11.6 Å². The molecule has 0 saturated heterocycles. The highest BCUT2D eigenvalue weighted by molar-refractivity contribution is 9.10. The molecule has 0 unspecified atom stereocenters. The van der Waals surface area contributed by atoms with E-state index in [0.29, 0.717) is 6.54 Å². The zero-order chi connectivity index (χ0) is 13.7. The van der Waals surface area contributed by atoms with Gasteiger partial charge >= 0.3 is 0 Å². The molecule has 0 aliphatic heterocycles.